The molecule has 2 atom stereocenters. The van der Waals surface area contributed by atoms with E-state index in [4.69, 9.17) is 9.47 Å². The van der Waals surface area contributed by atoms with E-state index in [0.717, 1.165) is 43.5 Å². The summed E-state index contributed by atoms with van der Waals surface area (Å²) in [6, 6.07) is 12.3. The number of carbonyl (C=O) groups excluding carboxylic acids is 1. The van der Waals surface area contributed by atoms with Crippen molar-refractivity contribution in [1.29, 1.82) is 0 Å². The number of likely N-dealkylation sites (tertiary alicyclic amines) is 1. The molecule has 0 aliphatic carbocycles. The lowest BCUT2D eigenvalue weighted by Gasteiger charge is -2.33. The zero-order chi connectivity index (χ0) is 21.5. The number of benzene rings is 2. The highest BCUT2D eigenvalue weighted by Gasteiger charge is 2.27. The minimum Gasteiger partial charge on any atom is -0.493 e. The Kier molecular flexibility index (Phi) is 7.69. The van der Waals surface area contributed by atoms with E-state index in [-0.39, 0.29) is 23.7 Å². The number of hydrogen-bond donors (Lipinski definition) is 1. The van der Waals surface area contributed by atoms with Gasteiger partial charge in [-0.1, -0.05) is 25.1 Å². The number of rotatable bonds is 8. The van der Waals surface area contributed by atoms with Crippen molar-refractivity contribution in [3.63, 3.8) is 0 Å². The van der Waals surface area contributed by atoms with E-state index >= 15 is 0 Å². The van der Waals surface area contributed by atoms with Gasteiger partial charge in [0.25, 0.3) is 0 Å². The maximum atomic E-state index is 13.1. The molecule has 0 saturated carbocycles. The summed E-state index contributed by atoms with van der Waals surface area (Å²) in [4.78, 5) is 15.3. The summed E-state index contributed by atoms with van der Waals surface area (Å²) in [6.45, 7) is 4.46. The Labute approximate surface area is 178 Å². The standard InChI is InChI=1S/C24H31FN2O3/c1-4-21(18-9-12-22(29-2)23(14-18)30-3)26-24(28)19-6-5-13-27(16-19)15-17-7-10-20(25)11-8-17/h7-12,14,19,21H,4-6,13,15-16H2,1-3H3,(H,26,28)/t19-,21+/m1/s1. The van der Waals surface area contributed by atoms with Crippen LogP contribution in [0.3, 0.4) is 0 Å². The van der Waals surface area contributed by atoms with Crippen molar-refractivity contribution >= 4 is 5.91 Å². The zero-order valence-electron chi connectivity index (χ0n) is 18.0. The van der Waals surface area contributed by atoms with Crippen LogP contribution in [0.25, 0.3) is 0 Å². The third-order valence-electron chi connectivity index (χ3n) is 5.73. The Hall–Kier alpha value is -2.60. The van der Waals surface area contributed by atoms with E-state index in [1.54, 1.807) is 14.2 Å². The number of nitrogens with zero attached hydrogens (tertiary/aromatic N) is 1. The molecular formula is C24H31FN2O3. The lowest BCUT2D eigenvalue weighted by atomic mass is 9.95. The molecule has 5 nitrogen and oxygen atoms in total. The first-order valence-corrected chi connectivity index (χ1v) is 10.5. The maximum absolute atomic E-state index is 13.1. The third-order valence-corrected chi connectivity index (χ3v) is 5.73. The molecule has 1 fully saturated rings. The van der Waals surface area contributed by atoms with Crippen LogP contribution in [-0.4, -0.2) is 38.1 Å². The second kappa shape index (κ2) is 10.4. The lowest BCUT2D eigenvalue weighted by Crippen LogP contribution is -2.43. The Morgan fingerprint density at radius 2 is 1.90 bits per heavy atom. The van der Waals surface area contributed by atoms with Crippen LogP contribution < -0.4 is 14.8 Å². The smallest absolute Gasteiger partial charge is 0.224 e. The van der Waals surface area contributed by atoms with Gasteiger partial charge in [0.2, 0.25) is 5.91 Å². The second-order valence-corrected chi connectivity index (χ2v) is 7.78. The van der Waals surface area contributed by atoms with Gasteiger partial charge in [0.15, 0.2) is 11.5 Å². The molecule has 1 N–H and O–H groups in total. The van der Waals surface area contributed by atoms with Gasteiger partial charge in [0.05, 0.1) is 26.2 Å². The van der Waals surface area contributed by atoms with Crippen molar-refractivity contribution < 1.29 is 18.7 Å². The molecule has 30 heavy (non-hydrogen) atoms. The predicted octanol–water partition coefficient (Wildman–Crippen LogP) is 4.32. The number of carbonyl (C=O) groups is 1. The molecule has 0 radical (unpaired) electrons. The van der Waals surface area contributed by atoms with E-state index in [1.807, 2.05) is 30.3 Å². The summed E-state index contributed by atoms with van der Waals surface area (Å²) < 4.78 is 23.8. The summed E-state index contributed by atoms with van der Waals surface area (Å²) in [6.07, 6.45) is 2.65. The Morgan fingerprint density at radius 3 is 2.57 bits per heavy atom. The normalized spacial score (nSPS) is 17.9. The number of halogens is 1. The van der Waals surface area contributed by atoms with Crippen molar-refractivity contribution in [2.45, 2.75) is 38.8 Å². The predicted molar refractivity (Wildman–Crippen MR) is 115 cm³/mol. The summed E-state index contributed by atoms with van der Waals surface area (Å²) in [5.74, 6) is 1.14. The van der Waals surface area contributed by atoms with Crippen molar-refractivity contribution in [2.24, 2.45) is 5.92 Å². The Balaban J connectivity index is 1.62. The molecule has 1 saturated heterocycles. The first-order valence-electron chi connectivity index (χ1n) is 10.5. The van der Waals surface area contributed by atoms with Gasteiger partial charge in [0, 0.05) is 13.1 Å². The minimum atomic E-state index is -0.226. The van der Waals surface area contributed by atoms with Gasteiger partial charge in [-0.15, -0.1) is 0 Å². The van der Waals surface area contributed by atoms with Crippen molar-refractivity contribution in [2.75, 3.05) is 27.3 Å². The number of hydrogen-bond acceptors (Lipinski definition) is 4. The second-order valence-electron chi connectivity index (χ2n) is 7.78. The van der Waals surface area contributed by atoms with Crippen LogP contribution in [-0.2, 0) is 11.3 Å². The van der Waals surface area contributed by atoms with Gasteiger partial charge in [-0.3, -0.25) is 9.69 Å². The number of piperidine rings is 1. The quantitative estimate of drug-likeness (QED) is 0.699. The number of nitrogens with one attached hydrogen (secondary N) is 1. The molecule has 0 spiro atoms. The fourth-order valence-corrected chi connectivity index (χ4v) is 4.04. The maximum Gasteiger partial charge on any atom is 0.224 e. The number of methoxy groups -OCH3 is 2. The van der Waals surface area contributed by atoms with Gasteiger partial charge >= 0.3 is 0 Å². The van der Waals surface area contributed by atoms with E-state index in [9.17, 15) is 9.18 Å². The average Bonchev–Trinajstić information content (AvgIpc) is 2.78. The average molecular weight is 415 g/mol. The fraction of sp³-hybridized carbons (Fsp3) is 0.458. The molecule has 0 bridgehead atoms. The summed E-state index contributed by atoms with van der Waals surface area (Å²) >= 11 is 0. The molecule has 1 amide bonds. The van der Waals surface area contributed by atoms with E-state index in [2.05, 4.69) is 17.1 Å². The first-order chi connectivity index (χ1) is 14.5. The van der Waals surface area contributed by atoms with Gasteiger partial charge in [0.1, 0.15) is 5.82 Å². The molecular weight excluding hydrogens is 383 g/mol. The molecule has 1 aliphatic heterocycles. The highest BCUT2D eigenvalue weighted by atomic mass is 19.1. The van der Waals surface area contributed by atoms with Crippen LogP contribution in [0.2, 0.25) is 0 Å². The molecule has 0 aromatic heterocycles. The molecule has 2 aromatic rings. The number of amides is 1. The summed E-state index contributed by atoms with van der Waals surface area (Å²) in [5, 5.41) is 3.22. The first kappa shape index (κ1) is 22.1. The zero-order valence-corrected chi connectivity index (χ0v) is 18.0. The highest BCUT2D eigenvalue weighted by molar-refractivity contribution is 5.79. The molecule has 2 aromatic carbocycles. The van der Waals surface area contributed by atoms with E-state index in [1.165, 1.54) is 12.1 Å². The van der Waals surface area contributed by atoms with Gasteiger partial charge < -0.3 is 14.8 Å². The van der Waals surface area contributed by atoms with Gasteiger partial charge in [-0.05, 0) is 61.2 Å². The topological polar surface area (TPSA) is 50.8 Å². The van der Waals surface area contributed by atoms with Crippen molar-refractivity contribution in [1.82, 2.24) is 10.2 Å². The van der Waals surface area contributed by atoms with Crippen LogP contribution in [0, 0.1) is 11.7 Å². The Bertz CT molecular complexity index is 841. The summed E-state index contributed by atoms with van der Waals surface area (Å²) in [5.41, 5.74) is 2.07. The number of ether oxygens (including phenoxy) is 2. The lowest BCUT2D eigenvalue weighted by molar-refractivity contribution is -0.127. The van der Waals surface area contributed by atoms with Gasteiger partial charge in [-0.2, -0.15) is 0 Å². The molecule has 0 unspecified atom stereocenters. The monoisotopic (exact) mass is 414 g/mol. The largest absolute Gasteiger partial charge is 0.493 e. The minimum absolute atomic E-state index is 0.0478. The molecule has 3 rings (SSSR count). The van der Waals surface area contributed by atoms with E-state index in [0.29, 0.717) is 18.0 Å². The Morgan fingerprint density at radius 1 is 1.17 bits per heavy atom. The molecule has 162 valence electrons. The van der Waals surface area contributed by atoms with Crippen LogP contribution in [0.5, 0.6) is 11.5 Å². The van der Waals surface area contributed by atoms with Crippen LogP contribution >= 0.6 is 0 Å². The third kappa shape index (κ3) is 5.51. The molecule has 1 heterocycles. The highest BCUT2D eigenvalue weighted by Crippen LogP contribution is 2.31. The van der Waals surface area contributed by atoms with Crippen LogP contribution in [0.4, 0.5) is 4.39 Å². The van der Waals surface area contributed by atoms with Crippen LogP contribution in [0.1, 0.15) is 43.4 Å². The van der Waals surface area contributed by atoms with E-state index < -0.39 is 0 Å². The SMILES string of the molecule is CC[C@H](NC(=O)[C@@H]1CCCN(Cc2ccc(F)cc2)C1)c1ccc(OC)c(OC)c1. The van der Waals surface area contributed by atoms with Crippen molar-refractivity contribution in [3.05, 3.63) is 59.4 Å². The summed E-state index contributed by atoms with van der Waals surface area (Å²) in [7, 11) is 3.22. The van der Waals surface area contributed by atoms with Crippen molar-refractivity contribution in [3.8, 4) is 11.5 Å². The van der Waals surface area contributed by atoms with Crippen LogP contribution in [0.15, 0.2) is 42.5 Å². The fourth-order valence-electron chi connectivity index (χ4n) is 4.04. The molecule has 6 heteroatoms. The van der Waals surface area contributed by atoms with Gasteiger partial charge in [-0.25, -0.2) is 4.39 Å². The molecule has 1 aliphatic rings.